The van der Waals surface area contributed by atoms with Crippen LogP contribution in [0.3, 0.4) is 0 Å². The van der Waals surface area contributed by atoms with E-state index in [0.29, 0.717) is 36.2 Å². The van der Waals surface area contributed by atoms with Gasteiger partial charge in [-0.05, 0) is 69.0 Å². The standard InChI is InChI=1S/C22H20BrClFNO2/c1-27-21-11-17(13-26-12-15-4-8-19(25)9-5-15)10-20(23)22(21)28-14-16-2-6-18(24)7-3-16/h2-11,26H,12-14H2,1H3. The smallest absolute Gasteiger partial charge is 0.175 e. The van der Waals surface area contributed by atoms with E-state index in [-0.39, 0.29) is 5.82 Å². The van der Waals surface area contributed by atoms with Crippen LogP contribution in [0.2, 0.25) is 5.02 Å². The molecular weight excluding hydrogens is 445 g/mol. The SMILES string of the molecule is COc1cc(CNCc2ccc(F)cc2)cc(Br)c1OCc1ccc(Cl)cc1. The van der Waals surface area contributed by atoms with Gasteiger partial charge in [0.15, 0.2) is 11.5 Å². The Hall–Kier alpha value is -2.08. The first kappa shape index (κ1) is 20.6. The van der Waals surface area contributed by atoms with E-state index in [4.69, 9.17) is 21.1 Å². The van der Waals surface area contributed by atoms with E-state index in [0.717, 1.165) is 21.2 Å². The van der Waals surface area contributed by atoms with Crippen molar-refractivity contribution in [2.24, 2.45) is 0 Å². The molecule has 0 aliphatic rings. The largest absolute Gasteiger partial charge is 0.493 e. The van der Waals surface area contributed by atoms with Crippen molar-refractivity contribution < 1.29 is 13.9 Å². The number of ether oxygens (including phenoxy) is 2. The molecule has 6 heteroatoms. The zero-order chi connectivity index (χ0) is 19.9. The Balaban J connectivity index is 1.63. The minimum atomic E-state index is -0.230. The topological polar surface area (TPSA) is 30.5 Å². The van der Waals surface area contributed by atoms with Gasteiger partial charge in [0.25, 0.3) is 0 Å². The van der Waals surface area contributed by atoms with Crippen molar-refractivity contribution >= 4 is 27.5 Å². The highest BCUT2D eigenvalue weighted by Crippen LogP contribution is 2.37. The summed E-state index contributed by atoms with van der Waals surface area (Å²) in [6.07, 6.45) is 0. The van der Waals surface area contributed by atoms with E-state index >= 15 is 0 Å². The fourth-order valence-electron chi connectivity index (χ4n) is 2.70. The quantitative estimate of drug-likeness (QED) is 0.436. The zero-order valence-corrected chi connectivity index (χ0v) is 17.7. The van der Waals surface area contributed by atoms with E-state index in [1.54, 1.807) is 19.2 Å². The Morgan fingerprint density at radius 1 is 0.929 bits per heavy atom. The van der Waals surface area contributed by atoms with Crippen LogP contribution in [0.5, 0.6) is 11.5 Å². The average Bonchev–Trinajstić information content (AvgIpc) is 2.69. The molecule has 0 bridgehead atoms. The van der Waals surface area contributed by atoms with Crippen molar-refractivity contribution in [2.75, 3.05) is 7.11 Å². The molecule has 0 spiro atoms. The van der Waals surface area contributed by atoms with Crippen molar-refractivity contribution in [1.82, 2.24) is 5.32 Å². The van der Waals surface area contributed by atoms with Crippen molar-refractivity contribution in [3.63, 3.8) is 0 Å². The molecule has 0 saturated heterocycles. The summed E-state index contributed by atoms with van der Waals surface area (Å²) in [5.41, 5.74) is 3.09. The van der Waals surface area contributed by atoms with Gasteiger partial charge in [0.2, 0.25) is 0 Å². The molecule has 28 heavy (non-hydrogen) atoms. The summed E-state index contributed by atoms with van der Waals surface area (Å²) >= 11 is 9.49. The van der Waals surface area contributed by atoms with Gasteiger partial charge < -0.3 is 14.8 Å². The number of methoxy groups -OCH3 is 1. The highest BCUT2D eigenvalue weighted by Gasteiger charge is 2.12. The predicted octanol–water partition coefficient (Wildman–Crippen LogP) is 6.12. The Labute approximate surface area is 177 Å². The van der Waals surface area contributed by atoms with Gasteiger partial charge in [-0.1, -0.05) is 35.9 Å². The fourth-order valence-corrected chi connectivity index (χ4v) is 3.43. The van der Waals surface area contributed by atoms with Crippen LogP contribution < -0.4 is 14.8 Å². The molecule has 3 rings (SSSR count). The van der Waals surface area contributed by atoms with Crippen LogP contribution in [0, 0.1) is 5.82 Å². The number of halogens is 3. The molecule has 0 aliphatic heterocycles. The molecular formula is C22H20BrClFNO2. The number of rotatable bonds is 8. The van der Waals surface area contributed by atoms with Crippen LogP contribution in [0.15, 0.2) is 65.1 Å². The van der Waals surface area contributed by atoms with Crippen LogP contribution in [0.1, 0.15) is 16.7 Å². The number of benzene rings is 3. The van der Waals surface area contributed by atoms with Crippen LogP contribution in [-0.2, 0) is 19.7 Å². The maximum atomic E-state index is 13.0. The Bertz CT molecular complexity index is 917. The summed E-state index contributed by atoms with van der Waals surface area (Å²) in [5, 5.41) is 4.04. The number of hydrogen-bond acceptors (Lipinski definition) is 3. The lowest BCUT2D eigenvalue weighted by Gasteiger charge is -2.15. The molecule has 0 radical (unpaired) electrons. The second kappa shape index (κ2) is 9.92. The lowest BCUT2D eigenvalue weighted by molar-refractivity contribution is 0.282. The zero-order valence-electron chi connectivity index (χ0n) is 15.3. The van der Waals surface area contributed by atoms with Crippen LogP contribution in [-0.4, -0.2) is 7.11 Å². The van der Waals surface area contributed by atoms with Crippen LogP contribution in [0.25, 0.3) is 0 Å². The van der Waals surface area contributed by atoms with Crippen molar-refractivity contribution in [1.29, 1.82) is 0 Å². The van der Waals surface area contributed by atoms with Crippen LogP contribution >= 0.6 is 27.5 Å². The van der Waals surface area contributed by atoms with Crippen molar-refractivity contribution in [2.45, 2.75) is 19.7 Å². The molecule has 146 valence electrons. The molecule has 0 atom stereocenters. The molecule has 0 aliphatic carbocycles. The molecule has 0 fully saturated rings. The van der Waals surface area contributed by atoms with Gasteiger partial charge in [-0.25, -0.2) is 4.39 Å². The first-order valence-corrected chi connectivity index (χ1v) is 9.91. The highest BCUT2D eigenvalue weighted by atomic mass is 79.9. The highest BCUT2D eigenvalue weighted by molar-refractivity contribution is 9.10. The normalized spacial score (nSPS) is 10.7. The minimum Gasteiger partial charge on any atom is -0.493 e. The molecule has 0 unspecified atom stereocenters. The maximum Gasteiger partial charge on any atom is 0.175 e. The lowest BCUT2D eigenvalue weighted by Crippen LogP contribution is -2.13. The fraction of sp³-hybridized carbons (Fsp3) is 0.182. The first-order chi connectivity index (χ1) is 13.5. The predicted molar refractivity (Wildman–Crippen MR) is 113 cm³/mol. The summed E-state index contributed by atoms with van der Waals surface area (Å²) in [7, 11) is 1.62. The Morgan fingerprint density at radius 3 is 2.25 bits per heavy atom. The molecule has 0 amide bonds. The number of nitrogens with one attached hydrogen (secondary N) is 1. The monoisotopic (exact) mass is 463 g/mol. The Kier molecular flexibility index (Phi) is 7.31. The third-order valence-corrected chi connectivity index (χ3v) is 5.00. The summed E-state index contributed by atoms with van der Waals surface area (Å²) in [5.74, 6) is 1.08. The molecule has 3 aromatic carbocycles. The second-order valence-corrected chi connectivity index (χ2v) is 7.54. The lowest BCUT2D eigenvalue weighted by atomic mass is 10.1. The maximum absolute atomic E-state index is 13.0. The average molecular weight is 465 g/mol. The minimum absolute atomic E-state index is 0.230. The Morgan fingerprint density at radius 2 is 1.57 bits per heavy atom. The molecule has 0 heterocycles. The van der Waals surface area contributed by atoms with E-state index in [2.05, 4.69) is 21.2 Å². The van der Waals surface area contributed by atoms with Crippen LogP contribution in [0.4, 0.5) is 4.39 Å². The van der Waals surface area contributed by atoms with E-state index in [1.165, 1.54) is 12.1 Å². The summed E-state index contributed by atoms with van der Waals surface area (Å²) in [6, 6.07) is 17.9. The molecule has 3 nitrogen and oxygen atoms in total. The third kappa shape index (κ3) is 5.71. The van der Waals surface area contributed by atoms with Gasteiger partial charge in [0.1, 0.15) is 12.4 Å². The molecule has 3 aromatic rings. The number of hydrogen-bond donors (Lipinski definition) is 1. The van der Waals surface area contributed by atoms with Crippen molar-refractivity contribution in [3.8, 4) is 11.5 Å². The van der Waals surface area contributed by atoms with E-state index in [1.807, 2.05) is 36.4 Å². The molecule has 0 saturated carbocycles. The molecule has 0 aromatic heterocycles. The first-order valence-electron chi connectivity index (χ1n) is 8.74. The summed E-state index contributed by atoms with van der Waals surface area (Å²) in [4.78, 5) is 0. The third-order valence-electron chi connectivity index (χ3n) is 4.16. The summed E-state index contributed by atoms with van der Waals surface area (Å²) in [6.45, 7) is 1.70. The van der Waals surface area contributed by atoms with E-state index in [9.17, 15) is 4.39 Å². The van der Waals surface area contributed by atoms with E-state index < -0.39 is 0 Å². The van der Waals surface area contributed by atoms with Gasteiger partial charge in [-0.3, -0.25) is 0 Å². The van der Waals surface area contributed by atoms with Gasteiger partial charge in [0, 0.05) is 18.1 Å². The molecule has 1 N–H and O–H groups in total. The van der Waals surface area contributed by atoms with Gasteiger partial charge in [-0.2, -0.15) is 0 Å². The van der Waals surface area contributed by atoms with Gasteiger partial charge in [0.05, 0.1) is 11.6 Å². The summed E-state index contributed by atoms with van der Waals surface area (Å²) < 4.78 is 25.3. The van der Waals surface area contributed by atoms with Gasteiger partial charge >= 0.3 is 0 Å². The van der Waals surface area contributed by atoms with Crippen molar-refractivity contribution in [3.05, 3.63) is 92.7 Å². The second-order valence-electron chi connectivity index (χ2n) is 6.25. The van der Waals surface area contributed by atoms with Gasteiger partial charge in [-0.15, -0.1) is 0 Å².